The molecule has 0 radical (unpaired) electrons. The van der Waals surface area contributed by atoms with Crippen LogP contribution in [0.5, 0.6) is 0 Å². The first-order chi connectivity index (χ1) is 8.26. The van der Waals surface area contributed by atoms with Crippen molar-refractivity contribution in [3.05, 3.63) is 10.4 Å². The second kappa shape index (κ2) is 7.39. The Hall–Kier alpha value is -1.95. The van der Waals surface area contributed by atoms with Crippen LogP contribution in [0.2, 0.25) is 0 Å². The fraction of sp³-hybridized carbons (Fsp3) is 0.800. The lowest BCUT2D eigenvalue weighted by Crippen LogP contribution is -2.37. The molecule has 0 aliphatic heterocycles. The Labute approximate surface area is 105 Å². The van der Waals surface area contributed by atoms with E-state index in [9.17, 15) is 9.59 Å². The molecule has 0 saturated carbocycles. The van der Waals surface area contributed by atoms with Crippen molar-refractivity contribution in [3.63, 3.8) is 0 Å². The van der Waals surface area contributed by atoms with Gasteiger partial charge in [-0.3, -0.25) is 4.79 Å². The third kappa shape index (κ3) is 8.23. The van der Waals surface area contributed by atoms with Gasteiger partial charge < -0.3 is 15.2 Å². The molecule has 0 spiro atoms. The van der Waals surface area contributed by atoms with Gasteiger partial charge in [0.25, 0.3) is 0 Å². The van der Waals surface area contributed by atoms with E-state index in [1.165, 1.54) is 0 Å². The van der Waals surface area contributed by atoms with Crippen molar-refractivity contribution in [1.82, 2.24) is 5.32 Å². The summed E-state index contributed by atoms with van der Waals surface area (Å²) in [6.07, 6.45) is -0.507. The normalized spacial score (nSPS) is 12.2. The maximum atomic E-state index is 11.3. The van der Waals surface area contributed by atoms with Gasteiger partial charge in [0.1, 0.15) is 5.60 Å². The van der Waals surface area contributed by atoms with Gasteiger partial charge >= 0.3 is 12.1 Å². The Bertz CT molecular complexity index is 344. The lowest BCUT2D eigenvalue weighted by atomic mass is 10.1. The first-order valence-electron chi connectivity index (χ1n) is 5.47. The molecule has 8 heteroatoms. The lowest BCUT2D eigenvalue weighted by Gasteiger charge is -2.20. The Balaban J connectivity index is 4.15. The van der Waals surface area contributed by atoms with Crippen molar-refractivity contribution in [1.29, 1.82) is 0 Å². The van der Waals surface area contributed by atoms with Crippen LogP contribution >= 0.6 is 0 Å². The van der Waals surface area contributed by atoms with E-state index in [4.69, 9.17) is 15.4 Å². The molecule has 102 valence electrons. The summed E-state index contributed by atoms with van der Waals surface area (Å²) < 4.78 is 4.97. The number of carbonyl (C=O) groups excluding carboxylic acids is 1. The molecule has 0 aromatic heterocycles. The van der Waals surface area contributed by atoms with Gasteiger partial charge in [-0.25, -0.2) is 4.79 Å². The highest BCUT2D eigenvalue weighted by Crippen LogP contribution is 2.07. The largest absolute Gasteiger partial charge is 0.481 e. The zero-order valence-electron chi connectivity index (χ0n) is 10.7. The highest BCUT2D eigenvalue weighted by molar-refractivity contribution is 5.72. The van der Waals surface area contributed by atoms with Crippen LogP contribution in [0, 0.1) is 5.92 Å². The third-order valence-corrected chi connectivity index (χ3v) is 1.88. The molecule has 0 unspecified atom stereocenters. The van der Waals surface area contributed by atoms with E-state index in [0.29, 0.717) is 0 Å². The Morgan fingerprint density at radius 2 is 2.11 bits per heavy atom. The van der Waals surface area contributed by atoms with E-state index in [1.54, 1.807) is 20.8 Å². The van der Waals surface area contributed by atoms with Gasteiger partial charge in [-0.2, -0.15) is 0 Å². The van der Waals surface area contributed by atoms with Crippen LogP contribution in [0.4, 0.5) is 4.79 Å². The molecule has 0 aliphatic rings. The van der Waals surface area contributed by atoms with Gasteiger partial charge in [0.05, 0.1) is 5.92 Å². The number of azide groups is 1. The monoisotopic (exact) mass is 258 g/mol. The molecule has 0 saturated heterocycles. The summed E-state index contributed by atoms with van der Waals surface area (Å²) in [7, 11) is 0. The maximum Gasteiger partial charge on any atom is 0.407 e. The van der Waals surface area contributed by atoms with Crippen molar-refractivity contribution in [2.75, 3.05) is 13.1 Å². The van der Waals surface area contributed by atoms with Crippen molar-refractivity contribution in [2.45, 2.75) is 32.8 Å². The molecule has 18 heavy (non-hydrogen) atoms. The van der Waals surface area contributed by atoms with Gasteiger partial charge in [-0.05, 0) is 32.7 Å². The molecular weight excluding hydrogens is 240 g/mol. The van der Waals surface area contributed by atoms with Crippen molar-refractivity contribution in [2.24, 2.45) is 11.0 Å². The molecule has 0 aliphatic carbocycles. The molecule has 0 heterocycles. The van der Waals surface area contributed by atoms with Crippen LogP contribution < -0.4 is 5.32 Å². The summed E-state index contributed by atoms with van der Waals surface area (Å²) in [6.45, 7) is 5.14. The number of rotatable bonds is 6. The molecule has 0 aromatic rings. The van der Waals surface area contributed by atoms with E-state index in [0.717, 1.165) is 0 Å². The smallest absolute Gasteiger partial charge is 0.407 e. The van der Waals surface area contributed by atoms with E-state index in [1.807, 2.05) is 0 Å². The molecule has 0 rings (SSSR count). The second-order valence-electron chi connectivity index (χ2n) is 4.66. The number of nitrogens with one attached hydrogen (secondary N) is 1. The van der Waals surface area contributed by atoms with Crippen molar-refractivity contribution < 1.29 is 19.4 Å². The van der Waals surface area contributed by atoms with Gasteiger partial charge in [0, 0.05) is 18.0 Å². The van der Waals surface area contributed by atoms with Crippen LogP contribution in [-0.4, -0.2) is 35.9 Å². The maximum absolute atomic E-state index is 11.3. The fourth-order valence-corrected chi connectivity index (χ4v) is 1.09. The van der Waals surface area contributed by atoms with Crippen LogP contribution in [0.1, 0.15) is 27.2 Å². The summed E-state index contributed by atoms with van der Waals surface area (Å²) in [5.74, 6) is -1.86. The molecule has 2 N–H and O–H groups in total. The minimum absolute atomic E-state index is 0.0643. The fourth-order valence-electron chi connectivity index (χ4n) is 1.09. The van der Waals surface area contributed by atoms with E-state index < -0.39 is 23.6 Å². The van der Waals surface area contributed by atoms with Crippen LogP contribution in [0.15, 0.2) is 5.11 Å². The second-order valence-corrected chi connectivity index (χ2v) is 4.66. The molecule has 8 nitrogen and oxygen atoms in total. The molecule has 0 fully saturated rings. The Morgan fingerprint density at radius 3 is 2.56 bits per heavy atom. The molecule has 0 aromatic carbocycles. The predicted octanol–water partition coefficient (Wildman–Crippen LogP) is 1.91. The summed E-state index contributed by atoms with van der Waals surface area (Å²) in [4.78, 5) is 24.7. The zero-order chi connectivity index (χ0) is 14.2. The first-order valence-corrected chi connectivity index (χ1v) is 5.47. The van der Waals surface area contributed by atoms with E-state index in [-0.39, 0.29) is 19.5 Å². The molecular formula is C10H18N4O4. The van der Waals surface area contributed by atoms with E-state index in [2.05, 4.69) is 15.3 Å². The number of amides is 1. The lowest BCUT2D eigenvalue weighted by molar-refractivity contribution is -0.141. The molecule has 1 amide bonds. The topological polar surface area (TPSA) is 124 Å². The quantitative estimate of drug-likeness (QED) is 0.428. The summed E-state index contributed by atoms with van der Waals surface area (Å²) >= 11 is 0. The zero-order valence-corrected chi connectivity index (χ0v) is 10.7. The summed E-state index contributed by atoms with van der Waals surface area (Å²) in [6, 6.07) is 0. The van der Waals surface area contributed by atoms with Crippen LogP contribution in [-0.2, 0) is 9.53 Å². The van der Waals surface area contributed by atoms with Gasteiger partial charge in [0.2, 0.25) is 0 Å². The molecule has 1 atom stereocenters. The minimum Gasteiger partial charge on any atom is -0.481 e. The van der Waals surface area contributed by atoms with Crippen molar-refractivity contribution in [3.8, 4) is 0 Å². The molecule has 0 bridgehead atoms. The number of ether oxygens (including phenoxy) is 1. The highest BCUT2D eigenvalue weighted by Gasteiger charge is 2.20. The summed E-state index contributed by atoms with van der Waals surface area (Å²) in [5.41, 5.74) is 7.45. The first kappa shape index (κ1) is 16.1. The minimum atomic E-state index is -1.06. The average Bonchev–Trinajstić information content (AvgIpc) is 2.20. The van der Waals surface area contributed by atoms with Gasteiger partial charge in [-0.1, -0.05) is 5.11 Å². The highest BCUT2D eigenvalue weighted by atomic mass is 16.6. The van der Waals surface area contributed by atoms with E-state index >= 15 is 0 Å². The average molecular weight is 258 g/mol. The number of carboxylic acids is 1. The number of hydrogen-bond acceptors (Lipinski definition) is 4. The predicted molar refractivity (Wildman–Crippen MR) is 64.0 cm³/mol. The third-order valence-electron chi connectivity index (χ3n) is 1.88. The van der Waals surface area contributed by atoms with Gasteiger partial charge in [0.15, 0.2) is 0 Å². The number of hydrogen-bond donors (Lipinski definition) is 2. The Kier molecular flexibility index (Phi) is 6.59. The van der Waals surface area contributed by atoms with Crippen molar-refractivity contribution >= 4 is 12.1 Å². The Morgan fingerprint density at radius 1 is 1.50 bits per heavy atom. The number of carboxylic acid groups (broad SMARTS) is 1. The van der Waals surface area contributed by atoms with Crippen LogP contribution in [0.3, 0.4) is 0 Å². The summed E-state index contributed by atoms with van der Waals surface area (Å²) in [5, 5.41) is 14.5. The standard InChI is InChI=1S/C10H18N4O4/c1-10(2,3)18-9(17)12-6-7(8(15)16)4-5-13-14-11/h7H,4-6H2,1-3H3,(H,12,17)(H,15,16)/t7-/m1/s1. The number of aliphatic carboxylic acids is 1. The number of carbonyl (C=O) groups is 2. The number of alkyl carbamates (subject to hydrolysis) is 1. The number of nitrogens with zero attached hydrogens (tertiary/aromatic N) is 3. The van der Waals surface area contributed by atoms with Gasteiger partial charge in [-0.15, -0.1) is 0 Å². The van der Waals surface area contributed by atoms with Crippen LogP contribution in [0.25, 0.3) is 10.4 Å². The SMILES string of the molecule is CC(C)(C)OC(=O)NC[C@@H](CCN=[N+]=[N-])C(=O)O.